The number of hydrogen-bond donors (Lipinski definition) is 1. The fraction of sp³-hybridized carbons (Fsp3) is 0.677. The second kappa shape index (κ2) is 18.4. The number of ether oxygens (including phenoxy) is 4. The van der Waals surface area contributed by atoms with Gasteiger partial charge in [-0.05, 0) is 49.8 Å². The van der Waals surface area contributed by atoms with E-state index in [-0.39, 0.29) is 48.2 Å². The van der Waals surface area contributed by atoms with Crippen molar-refractivity contribution in [3.8, 4) is 11.5 Å². The molecule has 0 aromatic heterocycles. The first-order valence-electron chi connectivity index (χ1n) is 14.5. The van der Waals surface area contributed by atoms with Gasteiger partial charge < -0.3 is 24.3 Å². The predicted octanol–water partition coefficient (Wildman–Crippen LogP) is 5.41. The highest BCUT2D eigenvalue weighted by atomic mass is 16.6. The van der Waals surface area contributed by atoms with Gasteiger partial charge in [0, 0.05) is 13.0 Å². The Hall–Kier alpha value is -2.94. The second-order valence-corrected chi connectivity index (χ2v) is 10.7. The maximum Gasteiger partial charge on any atom is 0.323 e. The van der Waals surface area contributed by atoms with Crippen LogP contribution in [0.3, 0.4) is 0 Å². The molecule has 1 rings (SSSR count). The van der Waals surface area contributed by atoms with E-state index < -0.39 is 30.1 Å². The van der Waals surface area contributed by atoms with E-state index in [4.69, 9.17) is 18.9 Å². The molecule has 0 saturated carbocycles. The number of methoxy groups -OCH3 is 1. The van der Waals surface area contributed by atoms with E-state index in [9.17, 15) is 19.2 Å². The zero-order valence-electron chi connectivity index (χ0n) is 25.5. The fourth-order valence-corrected chi connectivity index (χ4v) is 4.03. The van der Waals surface area contributed by atoms with Gasteiger partial charge in [0.2, 0.25) is 0 Å². The van der Waals surface area contributed by atoms with Gasteiger partial charge >= 0.3 is 23.9 Å². The molecule has 0 radical (unpaired) electrons. The van der Waals surface area contributed by atoms with Gasteiger partial charge in [0.05, 0.1) is 18.9 Å². The van der Waals surface area contributed by atoms with E-state index in [2.05, 4.69) is 5.32 Å². The van der Waals surface area contributed by atoms with Crippen molar-refractivity contribution < 1.29 is 38.1 Å². The second-order valence-electron chi connectivity index (χ2n) is 10.7. The molecule has 9 nitrogen and oxygen atoms in total. The lowest BCUT2D eigenvalue weighted by Crippen LogP contribution is -2.43. The third kappa shape index (κ3) is 12.5. The molecule has 0 aliphatic rings. The monoisotopic (exact) mass is 563 g/mol. The molecule has 0 spiro atoms. The zero-order valence-corrected chi connectivity index (χ0v) is 25.5. The lowest BCUT2D eigenvalue weighted by molar-refractivity contribution is -0.149. The van der Waals surface area contributed by atoms with Crippen LogP contribution in [0.5, 0.6) is 11.5 Å². The minimum absolute atomic E-state index is 0.124. The quantitative estimate of drug-likeness (QED) is 0.185. The molecule has 5 atom stereocenters. The Bertz CT molecular complexity index is 963. The molecule has 226 valence electrons. The summed E-state index contributed by atoms with van der Waals surface area (Å²) in [5.74, 6) is -1.71. The van der Waals surface area contributed by atoms with Crippen LogP contribution >= 0.6 is 0 Å². The van der Waals surface area contributed by atoms with Crippen LogP contribution in [-0.4, -0.2) is 49.7 Å². The first kappa shape index (κ1) is 35.1. The van der Waals surface area contributed by atoms with Crippen molar-refractivity contribution in [3.63, 3.8) is 0 Å². The first-order chi connectivity index (χ1) is 18.9. The molecule has 4 unspecified atom stereocenters. The minimum atomic E-state index is -0.749. The summed E-state index contributed by atoms with van der Waals surface area (Å²) >= 11 is 0. The minimum Gasteiger partial charge on any atom is -0.468 e. The molecule has 0 aliphatic heterocycles. The van der Waals surface area contributed by atoms with Crippen LogP contribution in [-0.2, 0) is 35.1 Å². The van der Waals surface area contributed by atoms with Gasteiger partial charge in [-0.25, -0.2) is 0 Å². The number of hydrogen-bond acceptors (Lipinski definition) is 9. The maximum atomic E-state index is 12.7. The van der Waals surface area contributed by atoms with E-state index in [1.165, 1.54) is 7.11 Å². The lowest BCUT2D eigenvalue weighted by Gasteiger charge is -2.21. The lowest BCUT2D eigenvalue weighted by atomic mass is 10.0. The number of carbonyl (C=O) groups is 4. The molecule has 0 saturated heterocycles. The molecule has 1 aromatic rings. The van der Waals surface area contributed by atoms with Gasteiger partial charge in [-0.2, -0.15) is 0 Å². The third-order valence-corrected chi connectivity index (χ3v) is 6.80. The van der Waals surface area contributed by atoms with Gasteiger partial charge in [-0.3, -0.25) is 19.2 Å². The summed E-state index contributed by atoms with van der Waals surface area (Å²) in [5, 5.41) is 3.12. The molecule has 0 bridgehead atoms. The molecular formula is C31H49NO8. The number of carbonyl (C=O) groups excluding carboxylic acids is 4. The number of esters is 4. The Morgan fingerprint density at radius 1 is 0.825 bits per heavy atom. The van der Waals surface area contributed by atoms with E-state index in [0.717, 1.165) is 19.3 Å². The van der Waals surface area contributed by atoms with Gasteiger partial charge in [0.15, 0.2) is 11.5 Å². The molecule has 0 aliphatic carbocycles. The van der Waals surface area contributed by atoms with Gasteiger partial charge in [-0.1, -0.05) is 66.9 Å². The van der Waals surface area contributed by atoms with Gasteiger partial charge in [0.25, 0.3) is 0 Å². The van der Waals surface area contributed by atoms with Crippen LogP contribution in [0, 0.1) is 17.8 Å². The highest BCUT2D eigenvalue weighted by Gasteiger charge is 2.24. The van der Waals surface area contributed by atoms with Crippen LogP contribution in [0.25, 0.3) is 0 Å². The summed E-state index contributed by atoms with van der Waals surface area (Å²) in [4.78, 5) is 50.0. The average Bonchev–Trinajstić information content (AvgIpc) is 2.91. The van der Waals surface area contributed by atoms with Crippen LogP contribution in [0.1, 0.15) is 92.6 Å². The van der Waals surface area contributed by atoms with E-state index in [0.29, 0.717) is 24.8 Å². The largest absolute Gasteiger partial charge is 0.468 e. The Morgan fingerprint density at radius 2 is 1.40 bits per heavy atom. The van der Waals surface area contributed by atoms with Crippen molar-refractivity contribution in [1.82, 2.24) is 5.32 Å². The summed E-state index contributed by atoms with van der Waals surface area (Å²) in [5.41, 5.74) is 0.664. The molecule has 0 heterocycles. The van der Waals surface area contributed by atoms with Crippen molar-refractivity contribution in [1.29, 1.82) is 0 Å². The van der Waals surface area contributed by atoms with Crippen molar-refractivity contribution in [2.24, 2.45) is 17.8 Å². The number of rotatable bonds is 18. The molecular weight excluding hydrogens is 514 g/mol. The molecule has 0 fully saturated rings. The van der Waals surface area contributed by atoms with Crippen molar-refractivity contribution >= 4 is 23.9 Å². The van der Waals surface area contributed by atoms with Crippen LogP contribution in [0.15, 0.2) is 18.2 Å². The zero-order chi connectivity index (χ0) is 30.2. The molecule has 1 aromatic carbocycles. The topological polar surface area (TPSA) is 117 Å². The Labute approximate surface area is 239 Å². The molecule has 40 heavy (non-hydrogen) atoms. The normalized spacial score (nSPS) is 14.8. The fourth-order valence-electron chi connectivity index (χ4n) is 4.03. The smallest absolute Gasteiger partial charge is 0.323 e. The van der Waals surface area contributed by atoms with E-state index in [1.54, 1.807) is 39.0 Å². The van der Waals surface area contributed by atoms with Crippen molar-refractivity contribution in [2.75, 3.05) is 13.7 Å². The third-order valence-electron chi connectivity index (χ3n) is 6.80. The maximum absolute atomic E-state index is 12.7. The Balaban J connectivity index is 3.09. The van der Waals surface area contributed by atoms with Crippen LogP contribution < -0.4 is 14.8 Å². The van der Waals surface area contributed by atoms with Crippen molar-refractivity contribution in [3.05, 3.63) is 23.8 Å². The standard InChI is InChI=1S/C31H49NO8/c1-9-12-21(5)29(34)39-26-15-14-24(18-27(26)40-30(35)22(6)13-10-2)17-25(31(36)37-8)32-19-23(7)38-28(33)16-20(4)11-3/h14-15,18,20-23,25,32H,9-13,16-17,19H2,1-8H3/t20?,21?,22?,23?,25-/m0/s1. The Morgan fingerprint density at radius 3 is 1.93 bits per heavy atom. The molecule has 0 amide bonds. The summed E-state index contributed by atoms with van der Waals surface area (Å²) in [6, 6.07) is 4.15. The van der Waals surface area contributed by atoms with Crippen molar-refractivity contribution in [2.45, 2.75) is 106 Å². The summed E-state index contributed by atoms with van der Waals surface area (Å²) in [6.07, 6.45) is 3.98. The summed E-state index contributed by atoms with van der Waals surface area (Å²) < 4.78 is 21.7. The van der Waals surface area contributed by atoms with E-state index >= 15 is 0 Å². The highest BCUT2D eigenvalue weighted by molar-refractivity contribution is 5.79. The predicted molar refractivity (Wildman–Crippen MR) is 153 cm³/mol. The average molecular weight is 564 g/mol. The summed E-state index contributed by atoms with van der Waals surface area (Å²) in [7, 11) is 1.30. The SMILES string of the molecule is CCCC(C)C(=O)Oc1ccc(C[C@H](NCC(C)OC(=O)CC(C)CC)C(=O)OC)cc1OC(=O)C(C)CCC. The highest BCUT2D eigenvalue weighted by Crippen LogP contribution is 2.31. The van der Waals surface area contributed by atoms with Gasteiger partial charge in [-0.15, -0.1) is 0 Å². The van der Waals surface area contributed by atoms with E-state index in [1.807, 2.05) is 27.7 Å². The van der Waals surface area contributed by atoms with Gasteiger partial charge in [0.1, 0.15) is 12.1 Å². The molecule has 9 heteroatoms. The first-order valence-corrected chi connectivity index (χ1v) is 14.5. The molecule has 1 N–H and O–H groups in total. The van der Waals surface area contributed by atoms with Crippen LogP contribution in [0.2, 0.25) is 0 Å². The van der Waals surface area contributed by atoms with Crippen LogP contribution in [0.4, 0.5) is 0 Å². The number of nitrogens with one attached hydrogen (secondary N) is 1. The Kier molecular flexibility index (Phi) is 16.2. The summed E-state index contributed by atoms with van der Waals surface area (Å²) in [6.45, 7) is 13.6. The number of benzene rings is 1.